The molecule has 1 amide bonds. The maximum Gasteiger partial charge on any atom is 0.305 e. The zero-order valence-electron chi connectivity index (χ0n) is 11.3. The van der Waals surface area contributed by atoms with Gasteiger partial charge in [0.05, 0.1) is 18.6 Å². The predicted octanol–water partition coefficient (Wildman–Crippen LogP) is 2.26. The molecule has 1 aromatic carbocycles. The minimum atomic E-state index is -0.936. The average Bonchev–Trinajstić information content (AvgIpc) is 3.06. The molecule has 5 nitrogen and oxygen atoms in total. The van der Waals surface area contributed by atoms with Crippen LogP contribution in [0.2, 0.25) is 0 Å². The summed E-state index contributed by atoms with van der Waals surface area (Å²) in [4.78, 5) is 23.4. The van der Waals surface area contributed by atoms with Gasteiger partial charge in [-0.25, -0.2) is 0 Å². The number of ether oxygens (including phenoxy) is 1. The number of nitrogens with one attached hydrogen (secondary N) is 1. The molecule has 1 aliphatic rings. The van der Waals surface area contributed by atoms with Crippen molar-refractivity contribution in [2.45, 2.75) is 18.4 Å². The van der Waals surface area contributed by atoms with E-state index in [1.807, 2.05) is 23.6 Å². The van der Waals surface area contributed by atoms with Crippen molar-refractivity contribution in [1.82, 2.24) is 5.32 Å². The number of hydrogen-bond donors (Lipinski definition) is 2. The maximum atomic E-state index is 12.4. The lowest BCUT2D eigenvalue weighted by molar-refractivity contribution is -0.138. The van der Waals surface area contributed by atoms with Crippen LogP contribution in [0.4, 0.5) is 0 Å². The Bertz CT molecular complexity index is 688. The SMILES string of the molecule is O=C(O)CC1(NC(=O)c2ccc3sccc3c2)CCOC1. The molecule has 2 aromatic rings. The van der Waals surface area contributed by atoms with Gasteiger partial charge >= 0.3 is 5.97 Å². The summed E-state index contributed by atoms with van der Waals surface area (Å²) in [6.45, 7) is 0.711. The van der Waals surface area contributed by atoms with Crippen molar-refractivity contribution < 1.29 is 19.4 Å². The molecule has 0 radical (unpaired) electrons. The average molecular weight is 305 g/mol. The molecule has 1 aromatic heterocycles. The number of fused-ring (bicyclic) bond motifs is 1. The second-order valence-corrected chi connectivity index (χ2v) is 6.23. The normalized spacial score (nSPS) is 21.5. The van der Waals surface area contributed by atoms with E-state index in [1.54, 1.807) is 17.4 Å². The van der Waals surface area contributed by atoms with E-state index in [-0.39, 0.29) is 18.9 Å². The first-order valence-corrected chi connectivity index (χ1v) is 7.55. The highest BCUT2D eigenvalue weighted by Gasteiger charge is 2.38. The fraction of sp³-hybridized carbons (Fsp3) is 0.333. The van der Waals surface area contributed by atoms with Gasteiger partial charge in [-0.3, -0.25) is 9.59 Å². The van der Waals surface area contributed by atoms with Crippen molar-refractivity contribution in [2.75, 3.05) is 13.2 Å². The Morgan fingerprint density at radius 2 is 2.24 bits per heavy atom. The third-order valence-corrected chi connectivity index (χ3v) is 4.58. The molecular formula is C15H15NO4S. The second kappa shape index (κ2) is 5.46. The molecule has 2 N–H and O–H groups in total. The molecule has 2 heterocycles. The first kappa shape index (κ1) is 14.0. The number of benzene rings is 1. The lowest BCUT2D eigenvalue weighted by Gasteiger charge is -2.27. The summed E-state index contributed by atoms with van der Waals surface area (Å²) >= 11 is 1.62. The van der Waals surface area contributed by atoms with Crippen LogP contribution in [0.25, 0.3) is 10.1 Å². The molecular weight excluding hydrogens is 290 g/mol. The quantitative estimate of drug-likeness (QED) is 0.908. The van der Waals surface area contributed by atoms with Crippen LogP contribution >= 0.6 is 11.3 Å². The van der Waals surface area contributed by atoms with Gasteiger partial charge in [-0.05, 0) is 41.5 Å². The van der Waals surface area contributed by atoms with Crippen molar-refractivity contribution in [2.24, 2.45) is 0 Å². The topological polar surface area (TPSA) is 75.6 Å². The van der Waals surface area contributed by atoms with Crippen LogP contribution in [0, 0.1) is 0 Å². The highest BCUT2D eigenvalue weighted by molar-refractivity contribution is 7.17. The van der Waals surface area contributed by atoms with E-state index in [1.165, 1.54) is 0 Å². The molecule has 0 bridgehead atoms. The standard InChI is InChI=1S/C15H15NO4S/c17-13(18)8-15(4-5-20-9-15)16-14(19)11-1-2-12-10(7-11)3-6-21-12/h1-3,6-7H,4-5,8-9H2,(H,16,19)(H,17,18). The van der Waals surface area contributed by atoms with E-state index >= 15 is 0 Å². The largest absolute Gasteiger partial charge is 0.481 e. The van der Waals surface area contributed by atoms with Crippen LogP contribution in [0.5, 0.6) is 0 Å². The van der Waals surface area contributed by atoms with E-state index in [0.717, 1.165) is 10.1 Å². The Labute approximate surface area is 125 Å². The third kappa shape index (κ3) is 2.91. The number of rotatable bonds is 4. The van der Waals surface area contributed by atoms with Gasteiger partial charge in [0.2, 0.25) is 0 Å². The molecule has 1 unspecified atom stereocenters. The number of hydrogen-bond acceptors (Lipinski definition) is 4. The van der Waals surface area contributed by atoms with Gasteiger partial charge in [0.25, 0.3) is 5.91 Å². The summed E-state index contributed by atoms with van der Waals surface area (Å²) in [6.07, 6.45) is 0.394. The Kier molecular flexibility index (Phi) is 3.65. The first-order chi connectivity index (χ1) is 10.1. The molecule has 6 heteroatoms. The van der Waals surface area contributed by atoms with Gasteiger partial charge in [-0.1, -0.05) is 0 Å². The molecule has 0 spiro atoms. The Hall–Kier alpha value is -1.92. The number of carbonyl (C=O) groups excluding carboxylic acids is 1. The van der Waals surface area contributed by atoms with Crippen molar-refractivity contribution in [3.8, 4) is 0 Å². The second-order valence-electron chi connectivity index (χ2n) is 5.28. The van der Waals surface area contributed by atoms with Gasteiger partial charge in [0.1, 0.15) is 0 Å². The summed E-state index contributed by atoms with van der Waals surface area (Å²) in [5.74, 6) is -1.19. The Morgan fingerprint density at radius 1 is 1.38 bits per heavy atom. The molecule has 1 aliphatic heterocycles. The molecule has 21 heavy (non-hydrogen) atoms. The van der Waals surface area contributed by atoms with Crippen LogP contribution in [0.15, 0.2) is 29.6 Å². The zero-order chi connectivity index (χ0) is 14.9. The third-order valence-electron chi connectivity index (χ3n) is 3.69. The number of carboxylic acid groups (broad SMARTS) is 1. The summed E-state index contributed by atoms with van der Waals surface area (Å²) in [5, 5.41) is 14.9. The fourth-order valence-corrected chi connectivity index (χ4v) is 3.37. The van der Waals surface area contributed by atoms with E-state index in [2.05, 4.69) is 5.32 Å². The molecule has 1 saturated heterocycles. The highest BCUT2D eigenvalue weighted by Crippen LogP contribution is 2.25. The van der Waals surface area contributed by atoms with E-state index in [0.29, 0.717) is 18.6 Å². The highest BCUT2D eigenvalue weighted by atomic mass is 32.1. The van der Waals surface area contributed by atoms with Gasteiger partial charge < -0.3 is 15.2 Å². The molecule has 1 atom stereocenters. The van der Waals surface area contributed by atoms with Crippen LogP contribution in [0.3, 0.4) is 0 Å². The summed E-state index contributed by atoms with van der Waals surface area (Å²) in [5.41, 5.74) is -0.260. The lowest BCUT2D eigenvalue weighted by atomic mass is 9.93. The van der Waals surface area contributed by atoms with E-state index in [9.17, 15) is 9.59 Å². The Morgan fingerprint density at radius 3 is 2.95 bits per heavy atom. The predicted molar refractivity (Wildman–Crippen MR) is 79.7 cm³/mol. The zero-order valence-corrected chi connectivity index (χ0v) is 12.1. The van der Waals surface area contributed by atoms with Crippen molar-refractivity contribution >= 4 is 33.3 Å². The van der Waals surface area contributed by atoms with E-state index < -0.39 is 11.5 Å². The van der Waals surface area contributed by atoms with Gasteiger partial charge in [0.15, 0.2) is 0 Å². The molecule has 3 rings (SSSR count). The smallest absolute Gasteiger partial charge is 0.305 e. The minimum Gasteiger partial charge on any atom is -0.481 e. The molecule has 0 aliphatic carbocycles. The molecule has 1 fully saturated rings. The Balaban J connectivity index is 1.81. The van der Waals surface area contributed by atoms with Gasteiger partial charge in [-0.2, -0.15) is 0 Å². The van der Waals surface area contributed by atoms with Gasteiger partial charge in [-0.15, -0.1) is 11.3 Å². The lowest BCUT2D eigenvalue weighted by Crippen LogP contribution is -2.50. The number of amides is 1. The van der Waals surface area contributed by atoms with Crippen molar-refractivity contribution in [1.29, 1.82) is 0 Å². The minimum absolute atomic E-state index is 0.126. The van der Waals surface area contributed by atoms with E-state index in [4.69, 9.17) is 9.84 Å². The fourth-order valence-electron chi connectivity index (χ4n) is 2.60. The van der Waals surface area contributed by atoms with Crippen molar-refractivity contribution in [3.05, 3.63) is 35.2 Å². The number of carboxylic acids is 1. The van der Waals surface area contributed by atoms with Crippen LogP contribution in [0.1, 0.15) is 23.2 Å². The van der Waals surface area contributed by atoms with Crippen LogP contribution in [-0.2, 0) is 9.53 Å². The monoisotopic (exact) mass is 305 g/mol. The summed E-state index contributed by atoms with van der Waals surface area (Å²) < 4.78 is 6.40. The number of thiophene rings is 1. The first-order valence-electron chi connectivity index (χ1n) is 6.67. The van der Waals surface area contributed by atoms with Crippen LogP contribution in [-0.4, -0.2) is 35.7 Å². The maximum absolute atomic E-state index is 12.4. The molecule has 110 valence electrons. The number of aliphatic carboxylic acids is 1. The van der Waals surface area contributed by atoms with Crippen molar-refractivity contribution in [3.63, 3.8) is 0 Å². The summed E-state index contributed by atoms with van der Waals surface area (Å²) in [7, 11) is 0. The summed E-state index contributed by atoms with van der Waals surface area (Å²) in [6, 6.07) is 7.45. The molecule has 0 saturated carbocycles. The number of carbonyl (C=O) groups is 2. The van der Waals surface area contributed by atoms with Crippen LogP contribution < -0.4 is 5.32 Å². The van der Waals surface area contributed by atoms with Gasteiger partial charge in [0, 0.05) is 16.9 Å².